The van der Waals surface area contributed by atoms with Crippen molar-refractivity contribution in [2.45, 2.75) is 0 Å². The molecule has 0 atom stereocenters. The van der Waals surface area contributed by atoms with Crippen molar-refractivity contribution in [3.8, 4) is 11.5 Å². The van der Waals surface area contributed by atoms with E-state index in [0.717, 1.165) is 4.47 Å². The minimum Gasteiger partial charge on any atom is -0.497 e. The molecule has 4 nitrogen and oxygen atoms in total. The van der Waals surface area contributed by atoms with Crippen LogP contribution in [0.2, 0.25) is 5.02 Å². The predicted molar refractivity (Wildman–Crippen MR) is 98.5 cm³/mol. The number of ether oxygens (including phenoxy) is 2. The van der Waals surface area contributed by atoms with Crippen LogP contribution in [0.4, 0.5) is 11.4 Å². The summed E-state index contributed by atoms with van der Waals surface area (Å²) in [5, 5.41) is 7.08. The van der Waals surface area contributed by atoms with Gasteiger partial charge in [0.25, 0.3) is 0 Å². The number of rotatable bonds is 4. The molecule has 0 aliphatic carbocycles. The van der Waals surface area contributed by atoms with Crippen LogP contribution in [0.1, 0.15) is 0 Å². The Kier molecular flexibility index (Phi) is 5.88. The van der Waals surface area contributed by atoms with Crippen molar-refractivity contribution in [3.63, 3.8) is 0 Å². The van der Waals surface area contributed by atoms with Gasteiger partial charge in [0.1, 0.15) is 11.5 Å². The van der Waals surface area contributed by atoms with E-state index in [4.69, 9.17) is 33.3 Å². The molecule has 0 fully saturated rings. The Hall–Kier alpha value is -1.50. The maximum absolute atomic E-state index is 6.16. The average molecular weight is 402 g/mol. The van der Waals surface area contributed by atoms with Crippen molar-refractivity contribution < 1.29 is 9.47 Å². The van der Waals surface area contributed by atoms with E-state index in [1.54, 1.807) is 32.4 Å². The van der Waals surface area contributed by atoms with Crippen molar-refractivity contribution in [1.82, 2.24) is 0 Å². The van der Waals surface area contributed by atoms with Crippen molar-refractivity contribution in [2.75, 3.05) is 24.9 Å². The summed E-state index contributed by atoms with van der Waals surface area (Å²) in [5.41, 5.74) is 1.41. The molecule has 0 bridgehead atoms. The predicted octanol–water partition coefficient (Wildman–Crippen LogP) is 4.93. The van der Waals surface area contributed by atoms with E-state index in [1.807, 2.05) is 18.2 Å². The molecule has 116 valence electrons. The summed E-state index contributed by atoms with van der Waals surface area (Å²) in [6.45, 7) is 0. The number of methoxy groups -OCH3 is 2. The number of anilines is 2. The fraction of sp³-hybridized carbons (Fsp3) is 0.133. The largest absolute Gasteiger partial charge is 0.497 e. The smallest absolute Gasteiger partial charge is 0.175 e. The third kappa shape index (κ3) is 4.25. The van der Waals surface area contributed by atoms with Crippen molar-refractivity contribution in [3.05, 3.63) is 45.9 Å². The number of benzene rings is 2. The molecule has 0 amide bonds. The van der Waals surface area contributed by atoms with E-state index in [2.05, 4.69) is 26.6 Å². The lowest BCUT2D eigenvalue weighted by molar-refractivity contribution is 0.405. The molecule has 0 radical (unpaired) electrons. The molecule has 0 spiro atoms. The summed E-state index contributed by atoms with van der Waals surface area (Å²) in [6, 6.07) is 10.9. The third-order valence-corrected chi connectivity index (χ3v) is 3.84. The van der Waals surface area contributed by atoms with E-state index in [9.17, 15) is 0 Å². The molecule has 0 heterocycles. The Morgan fingerprint density at radius 3 is 2.41 bits per heavy atom. The lowest BCUT2D eigenvalue weighted by Crippen LogP contribution is -2.19. The van der Waals surface area contributed by atoms with Gasteiger partial charge in [-0.3, -0.25) is 0 Å². The molecule has 2 rings (SSSR count). The highest BCUT2D eigenvalue weighted by Gasteiger charge is 2.08. The summed E-state index contributed by atoms with van der Waals surface area (Å²) in [7, 11) is 3.19. The Morgan fingerprint density at radius 2 is 1.77 bits per heavy atom. The monoisotopic (exact) mass is 400 g/mol. The van der Waals surface area contributed by atoms with Gasteiger partial charge in [0.05, 0.1) is 30.6 Å². The average Bonchev–Trinajstić information content (AvgIpc) is 2.50. The van der Waals surface area contributed by atoms with Crippen LogP contribution in [0, 0.1) is 0 Å². The second-order valence-corrected chi connectivity index (χ2v) is 6.00. The van der Waals surface area contributed by atoms with Crippen LogP contribution in [0.5, 0.6) is 11.5 Å². The lowest BCUT2D eigenvalue weighted by atomic mass is 10.2. The van der Waals surface area contributed by atoms with Crippen molar-refractivity contribution in [2.24, 2.45) is 0 Å². The van der Waals surface area contributed by atoms with Gasteiger partial charge in [-0.05, 0) is 42.5 Å². The zero-order valence-corrected chi connectivity index (χ0v) is 15.1. The molecule has 0 unspecified atom stereocenters. The van der Waals surface area contributed by atoms with Crippen molar-refractivity contribution >= 4 is 56.2 Å². The molecule has 2 N–H and O–H groups in total. The molecule has 22 heavy (non-hydrogen) atoms. The van der Waals surface area contributed by atoms with E-state index < -0.39 is 0 Å². The topological polar surface area (TPSA) is 42.5 Å². The maximum atomic E-state index is 6.16. The minimum absolute atomic E-state index is 0.399. The van der Waals surface area contributed by atoms with Gasteiger partial charge < -0.3 is 20.1 Å². The molecule has 2 aromatic carbocycles. The van der Waals surface area contributed by atoms with Gasteiger partial charge in [-0.1, -0.05) is 27.5 Å². The van der Waals surface area contributed by atoms with Crippen LogP contribution in [0.3, 0.4) is 0 Å². The van der Waals surface area contributed by atoms with Crippen LogP contribution in [-0.2, 0) is 0 Å². The molecular formula is C15H14BrClN2O2S. The van der Waals surface area contributed by atoms with Gasteiger partial charge in [-0.2, -0.15) is 0 Å². The molecule has 0 aliphatic rings. The molecule has 7 heteroatoms. The molecule has 0 saturated heterocycles. The number of hydrogen-bond acceptors (Lipinski definition) is 3. The Labute approximate surface area is 147 Å². The Bertz CT molecular complexity index is 697. The maximum Gasteiger partial charge on any atom is 0.175 e. The molecular weight excluding hydrogens is 388 g/mol. The summed E-state index contributed by atoms with van der Waals surface area (Å²) < 4.78 is 11.4. The van der Waals surface area contributed by atoms with Gasteiger partial charge in [-0.15, -0.1) is 0 Å². The first kappa shape index (κ1) is 16.9. The first-order valence-corrected chi connectivity index (χ1v) is 7.86. The van der Waals surface area contributed by atoms with E-state index in [-0.39, 0.29) is 0 Å². The van der Waals surface area contributed by atoms with Gasteiger partial charge in [-0.25, -0.2) is 0 Å². The standard InChI is InChI=1S/C15H14BrClN2O2S/c1-20-10-4-6-14(21-2)13(8-10)19-15(22)18-12-5-3-9(16)7-11(12)17/h3-8H,1-2H3,(H2,18,19,22). The summed E-state index contributed by atoms with van der Waals surface area (Å²) in [5.74, 6) is 1.36. The molecule has 2 aromatic rings. The third-order valence-electron chi connectivity index (χ3n) is 2.83. The van der Waals surface area contributed by atoms with Crippen LogP contribution in [-0.4, -0.2) is 19.3 Å². The number of hydrogen-bond donors (Lipinski definition) is 2. The second kappa shape index (κ2) is 7.67. The Balaban J connectivity index is 2.14. The van der Waals surface area contributed by atoms with E-state index in [1.165, 1.54) is 0 Å². The van der Waals surface area contributed by atoms with Crippen LogP contribution in [0.15, 0.2) is 40.9 Å². The zero-order valence-electron chi connectivity index (χ0n) is 11.9. The second-order valence-electron chi connectivity index (χ2n) is 4.27. The highest BCUT2D eigenvalue weighted by Crippen LogP contribution is 2.30. The van der Waals surface area contributed by atoms with Crippen LogP contribution in [0.25, 0.3) is 0 Å². The lowest BCUT2D eigenvalue weighted by Gasteiger charge is -2.15. The summed E-state index contributed by atoms with van der Waals surface area (Å²) in [4.78, 5) is 0. The molecule has 0 aliphatic heterocycles. The molecule has 0 aromatic heterocycles. The van der Waals surface area contributed by atoms with E-state index in [0.29, 0.717) is 33.0 Å². The fourth-order valence-corrected chi connectivity index (χ4v) is 2.72. The first-order valence-electron chi connectivity index (χ1n) is 6.28. The van der Waals surface area contributed by atoms with Crippen LogP contribution < -0.4 is 20.1 Å². The summed E-state index contributed by atoms with van der Waals surface area (Å²) >= 11 is 14.8. The van der Waals surface area contributed by atoms with Gasteiger partial charge in [0, 0.05) is 10.5 Å². The summed E-state index contributed by atoms with van der Waals surface area (Å²) in [6.07, 6.45) is 0. The van der Waals surface area contributed by atoms with Gasteiger partial charge in [0.15, 0.2) is 5.11 Å². The normalized spacial score (nSPS) is 10.0. The highest BCUT2D eigenvalue weighted by atomic mass is 79.9. The highest BCUT2D eigenvalue weighted by molar-refractivity contribution is 9.10. The number of nitrogens with one attached hydrogen (secondary N) is 2. The SMILES string of the molecule is COc1ccc(OC)c(NC(=S)Nc2ccc(Br)cc2Cl)c1. The molecule has 0 saturated carbocycles. The zero-order chi connectivity index (χ0) is 16.1. The van der Waals surface area contributed by atoms with Crippen molar-refractivity contribution in [1.29, 1.82) is 0 Å². The number of halogens is 2. The van der Waals surface area contributed by atoms with E-state index >= 15 is 0 Å². The van der Waals surface area contributed by atoms with Gasteiger partial charge in [0.2, 0.25) is 0 Å². The quantitative estimate of drug-likeness (QED) is 0.711. The Morgan fingerprint density at radius 1 is 1.05 bits per heavy atom. The number of thiocarbonyl (C=S) groups is 1. The first-order chi connectivity index (χ1) is 10.5. The van der Waals surface area contributed by atoms with Gasteiger partial charge >= 0.3 is 0 Å². The fourth-order valence-electron chi connectivity index (χ4n) is 1.78. The van der Waals surface area contributed by atoms with Crippen LogP contribution >= 0.6 is 39.7 Å². The minimum atomic E-state index is 0.399.